The molecule has 4 aliphatic carbocycles. The fraction of sp³-hybridized carbons (Fsp3) is 0.452. The Balaban J connectivity index is 1.02. The molecule has 2 aromatic carbocycles. The number of rotatable bonds is 10. The second-order valence-corrected chi connectivity index (χ2v) is 11.5. The molecule has 5 nitrogen and oxygen atoms in total. The Morgan fingerprint density at radius 1 is 0.889 bits per heavy atom. The summed E-state index contributed by atoms with van der Waals surface area (Å²) in [6.07, 6.45) is 9.60. The maximum atomic E-state index is 13.2. The third kappa shape index (κ3) is 5.27. The molecule has 5 heteroatoms. The molecule has 1 amide bonds. The fourth-order valence-corrected chi connectivity index (χ4v) is 7.57. The van der Waals surface area contributed by atoms with Gasteiger partial charge in [0.15, 0.2) is 0 Å². The van der Waals surface area contributed by atoms with E-state index in [0.717, 1.165) is 59.7 Å². The molecule has 0 aliphatic heterocycles. The summed E-state index contributed by atoms with van der Waals surface area (Å²) in [5.41, 5.74) is 3.33. The summed E-state index contributed by atoms with van der Waals surface area (Å²) in [4.78, 5) is 18.0. The number of carbonyl (C=O) groups excluding carboxylic acids is 1. The molecule has 1 aromatic heterocycles. The van der Waals surface area contributed by atoms with Crippen LogP contribution in [-0.2, 0) is 11.2 Å². The lowest BCUT2D eigenvalue weighted by molar-refractivity contribution is -0.124. The highest BCUT2D eigenvalue weighted by atomic mass is 16.1. The summed E-state index contributed by atoms with van der Waals surface area (Å²) in [5.74, 6) is 3.63. The number of nitrogens with zero attached hydrogens (tertiary/aromatic N) is 1. The third-order valence-electron chi connectivity index (χ3n) is 8.61. The second kappa shape index (κ2) is 10.2. The van der Waals surface area contributed by atoms with E-state index in [1.807, 2.05) is 30.3 Å². The van der Waals surface area contributed by atoms with Gasteiger partial charge in [0.1, 0.15) is 5.82 Å². The molecule has 0 saturated heterocycles. The van der Waals surface area contributed by atoms with Gasteiger partial charge in [-0.2, -0.15) is 0 Å². The molecule has 0 unspecified atom stereocenters. The predicted octanol–water partition coefficient (Wildman–Crippen LogP) is 6.19. The van der Waals surface area contributed by atoms with Gasteiger partial charge in [0, 0.05) is 31.4 Å². The van der Waals surface area contributed by atoms with Gasteiger partial charge in [-0.3, -0.25) is 4.79 Å². The van der Waals surface area contributed by atoms with Crippen LogP contribution in [0.4, 0.5) is 11.5 Å². The second-order valence-electron chi connectivity index (χ2n) is 11.5. The van der Waals surface area contributed by atoms with Crippen LogP contribution in [0.25, 0.3) is 10.9 Å². The van der Waals surface area contributed by atoms with Crippen molar-refractivity contribution in [2.45, 2.75) is 51.4 Å². The van der Waals surface area contributed by atoms with E-state index in [1.54, 1.807) is 0 Å². The van der Waals surface area contributed by atoms with Crippen LogP contribution in [-0.4, -0.2) is 24.0 Å². The predicted molar refractivity (Wildman–Crippen MR) is 147 cm³/mol. The minimum absolute atomic E-state index is 0.171. The molecular weight excluding hydrogens is 444 g/mol. The van der Waals surface area contributed by atoms with Crippen molar-refractivity contribution in [3.8, 4) is 0 Å². The zero-order valence-electron chi connectivity index (χ0n) is 21.0. The number of aromatic nitrogens is 1. The maximum Gasteiger partial charge on any atom is 0.224 e. The van der Waals surface area contributed by atoms with Crippen LogP contribution in [0.15, 0.2) is 60.7 Å². The van der Waals surface area contributed by atoms with Gasteiger partial charge >= 0.3 is 0 Å². The van der Waals surface area contributed by atoms with Crippen LogP contribution >= 0.6 is 0 Å². The summed E-state index contributed by atoms with van der Waals surface area (Å²) in [7, 11) is 0. The van der Waals surface area contributed by atoms with Gasteiger partial charge in [0.25, 0.3) is 0 Å². The van der Waals surface area contributed by atoms with Crippen molar-refractivity contribution >= 4 is 28.3 Å². The Bertz CT molecular complexity index is 1170. The lowest BCUT2D eigenvalue weighted by Gasteiger charge is -2.56. The molecule has 187 valence electrons. The summed E-state index contributed by atoms with van der Waals surface area (Å²) in [6.45, 7) is 3.71. The lowest BCUT2D eigenvalue weighted by atomic mass is 9.49. The van der Waals surface area contributed by atoms with Crippen molar-refractivity contribution in [2.75, 3.05) is 23.7 Å². The average Bonchev–Trinajstić information content (AvgIpc) is 2.85. The van der Waals surface area contributed by atoms with Crippen molar-refractivity contribution in [3.63, 3.8) is 0 Å². The Kier molecular flexibility index (Phi) is 6.66. The molecule has 3 N–H and O–H groups in total. The van der Waals surface area contributed by atoms with E-state index in [1.165, 1.54) is 44.1 Å². The average molecular weight is 482 g/mol. The van der Waals surface area contributed by atoms with E-state index in [4.69, 9.17) is 4.98 Å². The highest BCUT2D eigenvalue weighted by molar-refractivity contribution is 6.01. The van der Waals surface area contributed by atoms with Gasteiger partial charge in [-0.1, -0.05) is 36.4 Å². The summed E-state index contributed by atoms with van der Waals surface area (Å²) in [6, 6.07) is 20.5. The lowest BCUT2D eigenvalue weighted by Crippen LogP contribution is -2.47. The van der Waals surface area contributed by atoms with Crippen molar-refractivity contribution < 1.29 is 4.79 Å². The molecule has 0 atom stereocenters. The molecule has 4 fully saturated rings. The smallest absolute Gasteiger partial charge is 0.224 e. The van der Waals surface area contributed by atoms with E-state index in [2.05, 4.69) is 52.8 Å². The van der Waals surface area contributed by atoms with Gasteiger partial charge < -0.3 is 16.0 Å². The number of fused-ring (bicyclic) bond motifs is 1. The van der Waals surface area contributed by atoms with Gasteiger partial charge in [0.2, 0.25) is 5.91 Å². The number of benzene rings is 2. The number of hydrogen-bond donors (Lipinski definition) is 3. The Morgan fingerprint density at radius 3 is 2.39 bits per heavy atom. The number of amides is 1. The van der Waals surface area contributed by atoms with Gasteiger partial charge in [0.05, 0.1) is 11.2 Å². The number of hydrogen-bond acceptors (Lipinski definition) is 4. The van der Waals surface area contributed by atoms with Crippen molar-refractivity contribution in [1.29, 1.82) is 0 Å². The number of pyridine rings is 1. The van der Waals surface area contributed by atoms with E-state index in [-0.39, 0.29) is 11.3 Å². The van der Waals surface area contributed by atoms with Crippen LogP contribution in [0, 0.1) is 29.7 Å². The van der Waals surface area contributed by atoms with Crippen LogP contribution in [0.5, 0.6) is 0 Å². The zero-order chi connectivity index (χ0) is 24.4. The van der Waals surface area contributed by atoms with E-state index < -0.39 is 0 Å². The SMILES string of the molecule is O=C(CC12CC3CC(CC(C3)C1)C2)Nc1cccc2nc(NCCN[CH]Cc3ccccc3)ccc12. The van der Waals surface area contributed by atoms with E-state index in [0.29, 0.717) is 6.42 Å². The normalized spacial score (nSPS) is 26.3. The first-order chi connectivity index (χ1) is 17.6. The molecule has 1 heterocycles. The Hall–Kier alpha value is -2.92. The number of carbonyl (C=O) groups is 1. The van der Waals surface area contributed by atoms with Crippen LogP contribution in [0.3, 0.4) is 0 Å². The number of anilines is 2. The molecule has 4 bridgehead atoms. The standard InChI is InChI=1S/C31H37N4O/c36-30(21-31-18-23-15-24(19-31)17-25(16-23)20-31)35-28-8-4-7-27-26(28)9-10-29(34-27)33-14-13-32-12-11-22-5-2-1-3-6-22/h1-10,12,23-25,32H,11,13-21H2,(H,33,34)(H,35,36). The number of nitrogens with one attached hydrogen (secondary N) is 3. The minimum Gasteiger partial charge on any atom is -0.369 e. The first-order valence-corrected chi connectivity index (χ1v) is 13.7. The van der Waals surface area contributed by atoms with Gasteiger partial charge in [-0.15, -0.1) is 0 Å². The zero-order valence-corrected chi connectivity index (χ0v) is 21.0. The maximum absolute atomic E-state index is 13.2. The molecule has 0 spiro atoms. The summed E-state index contributed by atoms with van der Waals surface area (Å²) >= 11 is 0. The van der Waals surface area contributed by atoms with E-state index in [9.17, 15) is 4.79 Å². The first-order valence-electron chi connectivity index (χ1n) is 13.7. The Labute approximate surface area is 214 Å². The summed E-state index contributed by atoms with van der Waals surface area (Å²) < 4.78 is 0. The molecule has 3 aromatic rings. The quantitative estimate of drug-likeness (QED) is 0.302. The van der Waals surface area contributed by atoms with Crippen molar-refractivity contribution in [1.82, 2.24) is 10.3 Å². The molecule has 1 radical (unpaired) electrons. The molecule has 36 heavy (non-hydrogen) atoms. The topological polar surface area (TPSA) is 66.0 Å². The van der Waals surface area contributed by atoms with Gasteiger partial charge in [-0.25, -0.2) is 4.98 Å². The third-order valence-corrected chi connectivity index (χ3v) is 8.61. The first kappa shape index (κ1) is 23.5. The van der Waals surface area contributed by atoms with Crippen LogP contribution < -0.4 is 16.0 Å². The van der Waals surface area contributed by atoms with Crippen LogP contribution in [0.1, 0.15) is 50.5 Å². The fourth-order valence-electron chi connectivity index (χ4n) is 7.57. The molecule has 7 rings (SSSR count). The monoisotopic (exact) mass is 481 g/mol. The Morgan fingerprint density at radius 2 is 1.64 bits per heavy atom. The highest BCUT2D eigenvalue weighted by Crippen LogP contribution is 2.61. The van der Waals surface area contributed by atoms with Gasteiger partial charge in [-0.05, 0) is 97.9 Å². The molecular formula is C31H37N4O. The van der Waals surface area contributed by atoms with Crippen LogP contribution in [0.2, 0.25) is 0 Å². The molecule has 4 aliphatic rings. The molecule has 4 saturated carbocycles. The van der Waals surface area contributed by atoms with Crippen molar-refractivity contribution in [3.05, 3.63) is 72.8 Å². The minimum atomic E-state index is 0.171. The highest BCUT2D eigenvalue weighted by Gasteiger charge is 2.51. The van der Waals surface area contributed by atoms with Crippen molar-refractivity contribution in [2.24, 2.45) is 23.2 Å². The summed E-state index contributed by atoms with van der Waals surface area (Å²) in [5, 5.41) is 11.0. The largest absolute Gasteiger partial charge is 0.369 e. The van der Waals surface area contributed by atoms with E-state index >= 15 is 0 Å².